The van der Waals surface area contributed by atoms with Gasteiger partial charge in [0, 0.05) is 0 Å². The first-order chi connectivity index (χ1) is 7.15. The topological polar surface area (TPSA) is 97.4 Å². The molecule has 2 amide bonds. The van der Waals surface area contributed by atoms with Crippen molar-refractivity contribution in [3.8, 4) is 6.07 Å². The number of alkyl halides is 1. The average molecular weight is 234 g/mol. The standard InChI is InChI=1S/C8H12ClN3O3/c1-2-14-15-5-6(4-10)7(3-9)12-8(11)13/h2-3,5H2,1H3,(H3,11,12,13). The number of nitriles is 1. The summed E-state index contributed by atoms with van der Waals surface area (Å²) in [5.41, 5.74) is 5.27. The smallest absolute Gasteiger partial charge is 0.316 e. The minimum Gasteiger partial charge on any atom is -0.351 e. The fourth-order valence-electron chi connectivity index (χ4n) is 0.709. The van der Waals surface area contributed by atoms with Gasteiger partial charge in [0.15, 0.2) is 0 Å². The number of nitrogens with two attached hydrogens (primary N) is 1. The van der Waals surface area contributed by atoms with Crippen LogP contribution in [0.2, 0.25) is 0 Å². The van der Waals surface area contributed by atoms with Crippen LogP contribution in [0.3, 0.4) is 0 Å². The van der Waals surface area contributed by atoms with Crippen molar-refractivity contribution in [2.75, 3.05) is 19.1 Å². The summed E-state index contributed by atoms with van der Waals surface area (Å²) in [7, 11) is 0. The van der Waals surface area contributed by atoms with E-state index in [1.807, 2.05) is 6.07 Å². The van der Waals surface area contributed by atoms with Crippen molar-refractivity contribution in [1.29, 1.82) is 5.26 Å². The molecule has 0 fully saturated rings. The molecule has 0 spiro atoms. The first-order valence-electron chi connectivity index (χ1n) is 4.14. The Morgan fingerprint density at radius 3 is 2.67 bits per heavy atom. The lowest BCUT2D eigenvalue weighted by Crippen LogP contribution is -2.30. The molecule has 0 aliphatic heterocycles. The van der Waals surface area contributed by atoms with E-state index in [1.165, 1.54) is 0 Å². The minimum atomic E-state index is -0.783. The van der Waals surface area contributed by atoms with Gasteiger partial charge in [-0.1, -0.05) is 0 Å². The summed E-state index contributed by atoms with van der Waals surface area (Å²) in [6.45, 7) is 2.00. The second-order valence-electron chi connectivity index (χ2n) is 2.36. The Bertz CT molecular complexity index is 285. The molecule has 0 aromatic heterocycles. The fraction of sp³-hybridized carbons (Fsp3) is 0.500. The lowest BCUT2D eigenvalue weighted by molar-refractivity contribution is -0.283. The predicted molar refractivity (Wildman–Crippen MR) is 53.7 cm³/mol. The van der Waals surface area contributed by atoms with Gasteiger partial charge in [-0.3, -0.25) is 0 Å². The van der Waals surface area contributed by atoms with Gasteiger partial charge in [0.05, 0.1) is 29.8 Å². The molecular weight excluding hydrogens is 222 g/mol. The van der Waals surface area contributed by atoms with Crippen molar-refractivity contribution >= 4 is 17.6 Å². The van der Waals surface area contributed by atoms with Crippen molar-refractivity contribution in [1.82, 2.24) is 5.32 Å². The number of carbonyl (C=O) groups excluding carboxylic acids is 1. The molecule has 0 aliphatic rings. The first kappa shape index (κ1) is 13.7. The lowest BCUT2D eigenvalue weighted by Gasteiger charge is -2.07. The molecule has 6 nitrogen and oxygen atoms in total. The lowest BCUT2D eigenvalue weighted by atomic mass is 10.2. The monoisotopic (exact) mass is 233 g/mol. The Kier molecular flexibility index (Phi) is 7.36. The van der Waals surface area contributed by atoms with Crippen LogP contribution in [0.4, 0.5) is 4.79 Å². The van der Waals surface area contributed by atoms with Crippen molar-refractivity contribution in [2.24, 2.45) is 5.73 Å². The van der Waals surface area contributed by atoms with Crippen LogP contribution in [0.5, 0.6) is 0 Å². The SMILES string of the molecule is CCOOCC(C#N)=C(CCl)NC(N)=O. The van der Waals surface area contributed by atoms with Gasteiger partial charge >= 0.3 is 6.03 Å². The van der Waals surface area contributed by atoms with Crippen LogP contribution in [-0.4, -0.2) is 25.1 Å². The number of halogens is 1. The fourth-order valence-corrected chi connectivity index (χ4v) is 0.937. The largest absolute Gasteiger partial charge is 0.351 e. The predicted octanol–water partition coefficient (Wildman–Crippen LogP) is 0.639. The zero-order valence-electron chi connectivity index (χ0n) is 8.25. The van der Waals surface area contributed by atoms with Gasteiger partial charge < -0.3 is 11.1 Å². The Hall–Kier alpha value is -1.29. The van der Waals surface area contributed by atoms with Gasteiger partial charge in [-0.2, -0.15) is 5.26 Å². The summed E-state index contributed by atoms with van der Waals surface area (Å²) in [5.74, 6) is -0.0404. The highest BCUT2D eigenvalue weighted by Gasteiger charge is 2.08. The zero-order valence-corrected chi connectivity index (χ0v) is 9.00. The average Bonchev–Trinajstić information content (AvgIpc) is 2.21. The Morgan fingerprint density at radius 1 is 1.60 bits per heavy atom. The number of amides is 2. The van der Waals surface area contributed by atoms with Crippen LogP contribution in [0.1, 0.15) is 6.92 Å². The summed E-state index contributed by atoms with van der Waals surface area (Å²) < 4.78 is 0. The number of primary amides is 1. The molecule has 0 aromatic rings. The van der Waals surface area contributed by atoms with E-state index >= 15 is 0 Å². The summed E-state index contributed by atoms with van der Waals surface area (Å²) in [6.07, 6.45) is 0. The van der Waals surface area contributed by atoms with E-state index in [0.717, 1.165) is 0 Å². The van der Waals surface area contributed by atoms with E-state index in [9.17, 15) is 4.79 Å². The molecule has 0 aromatic carbocycles. The highest BCUT2D eigenvalue weighted by Crippen LogP contribution is 2.04. The van der Waals surface area contributed by atoms with Gasteiger partial charge in [0.25, 0.3) is 0 Å². The number of nitrogens with zero attached hydrogens (tertiary/aromatic N) is 1. The van der Waals surface area contributed by atoms with Crippen LogP contribution in [0, 0.1) is 11.3 Å². The molecule has 0 bridgehead atoms. The molecule has 84 valence electrons. The van der Waals surface area contributed by atoms with E-state index in [2.05, 4.69) is 15.1 Å². The quantitative estimate of drug-likeness (QED) is 0.231. The van der Waals surface area contributed by atoms with Gasteiger partial charge in [0.2, 0.25) is 0 Å². The number of hydrogen-bond donors (Lipinski definition) is 2. The number of carbonyl (C=O) groups is 1. The van der Waals surface area contributed by atoms with E-state index in [1.54, 1.807) is 6.92 Å². The third-order valence-corrected chi connectivity index (χ3v) is 1.58. The molecule has 0 aliphatic carbocycles. The van der Waals surface area contributed by atoms with Gasteiger partial charge in [0.1, 0.15) is 6.61 Å². The Balaban J connectivity index is 4.46. The van der Waals surface area contributed by atoms with E-state index in [-0.39, 0.29) is 23.8 Å². The van der Waals surface area contributed by atoms with E-state index in [0.29, 0.717) is 6.61 Å². The molecule has 7 heteroatoms. The molecule has 0 heterocycles. The third kappa shape index (κ3) is 5.91. The third-order valence-electron chi connectivity index (χ3n) is 1.31. The highest BCUT2D eigenvalue weighted by atomic mass is 35.5. The Morgan fingerprint density at radius 2 is 2.27 bits per heavy atom. The second-order valence-corrected chi connectivity index (χ2v) is 2.63. The van der Waals surface area contributed by atoms with Gasteiger partial charge in [-0.05, 0) is 6.92 Å². The molecule has 0 unspecified atom stereocenters. The molecule has 0 saturated heterocycles. The Labute approximate surface area is 92.5 Å². The molecular formula is C8H12ClN3O3. The summed E-state index contributed by atoms with van der Waals surface area (Å²) >= 11 is 5.52. The number of urea groups is 1. The molecule has 15 heavy (non-hydrogen) atoms. The second kappa shape index (κ2) is 8.05. The molecule has 0 rings (SSSR count). The maximum atomic E-state index is 10.6. The van der Waals surface area contributed by atoms with Gasteiger partial charge in [-0.25, -0.2) is 14.6 Å². The summed E-state index contributed by atoms with van der Waals surface area (Å²) in [6, 6.07) is 1.05. The first-order valence-corrected chi connectivity index (χ1v) is 4.68. The van der Waals surface area contributed by atoms with Crippen LogP contribution in [-0.2, 0) is 9.78 Å². The van der Waals surface area contributed by atoms with Crippen molar-refractivity contribution in [3.63, 3.8) is 0 Å². The van der Waals surface area contributed by atoms with Gasteiger partial charge in [-0.15, -0.1) is 11.6 Å². The van der Waals surface area contributed by atoms with Crippen LogP contribution in [0.25, 0.3) is 0 Å². The number of rotatable bonds is 6. The summed E-state index contributed by atoms with van der Waals surface area (Å²) in [4.78, 5) is 19.8. The molecule has 0 saturated carbocycles. The molecule has 3 N–H and O–H groups in total. The number of nitrogens with one attached hydrogen (secondary N) is 1. The number of hydrogen-bond acceptors (Lipinski definition) is 4. The summed E-state index contributed by atoms with van der Waals surface area (Å²) in [5, 5.41) is 11.0. The van der Waals surface area contributed by atoms with Crippen LogP contribution >= 0.6 is 11.6 Å². The normalized spacial score (nSPS) is 11.5. The van der Waals surface area contributed by atoms with E-state index < -0.39 is 6.03 Å². The molecule has 0 atom stereocenters. The highest BCUT2D eigenvalue weighted by molar-refractivity contribution is 6.19. The maximum Gasteiger partial charge on any atom is 0.316 e. The van der Waals surface area contributed by atoms with Crippen LogP contribution in [0.15, 0.2) is 11.3 Å². The van der Waals surface area contributed by atoms with Crippen molar-refractivity contribution < 1.29 is 14.6 Å². The van der Waals surface area contributed by atoms with Crippen molar-refractivity contribution in [3.05, 3.63) is 11.3 Å². The molecule has 0 radical (unpaired) electrons. The minimum absolute atomic E-state index is 0.0404. The van der Waals surface area contributed by atoms with Crippen LogP contribution < -0.4 is 11.1 Å². The zero-order chi connectivity index (χ0) is 11.7. The number of allylic oxidation sites excluding steroid dienone is 1. The van der Waals surface area contributed by atoms with Crippen molar-refractivity contribution in [2.45, 2.75) is 6.92 Å². The maximum absolute atomic E-state index is 10.6. The van der Waals surface area contributed by atoms with E-state index in [4.69, 9.17) is 22.6 Å².